The number of carbonyl (C=O) groups excluding carboxylic acids is 1. The lowest BCUT2D eigenvalue weighted by molar-refractivity contribution is 0.102. The van der Waals surface area contributed by atoms with Gasteiger partial charge in [-0.3, -0.25) is 4.79 Å². The molecule has 124 valence electrons. The van der Waals surface area contributed by atoms with Crippen molar-refractivity contribution >= 4 is 27.5 Å². The van der Waals surface area contributed by atoms with E-state index in [0.717, 1.165) is 11.3 Å². The van der Waals surface area contributed by atoms with Gasteiger partial charge in [-0.05, 0) is 57.7 Å². The summed E-state index contributed by atoms with van der Waals surface area (Å²) in [6.45, 7) is 6.22. The molecule has 0 spiro atoms. The lowest BCUT2D eigenvalue weighted by atomic mass is 9.85. The number of hydrogen-bond acceptors (Lipinski definition) is 3. The molecule has 5 heteroatoms. The number of rotatable bonds is 3. The predicted octanol–water partition coefficient (Wildman–Crippen LogP) is 4.88. The lowest BCUT2D eigenvalue weighted by Gasteiger charge is -2.22. The van der Waals surface area contributed by atoms with Crippen LogP contribution in [-0.4, -0.2) is 13.0 Å². The van der Waals surface area contributed by atoms with Gasteiger partial charge in [-0.15, -0.1) is 0 Å². The van der Waals surface area contributed by atoms with Gasteiger partial charge in [0.1, 0.15) is 5.75 Å². The zero-order valence-electron chi connectivity index (χ0n) is 14.1. The second-order valence-electron chi connectivity index (χ2n) is 6.43. The molecule has 0 aliphatic carbocycles. The number of methoxy groups -OCH3 is 1. The topological polar surface area (TPSA) is 62.1 Å². The molecular weight excluding hydrogens is 368 g/mol. The first kappa shape index (κ1) is 18.0. The van der Waals surface area contributed by atoms with E-state index in [1.54, 1.807) is 31.4 Å². The second-order valence-corrected chi connectivity index (χ2v) is 7.28. The molecule has 1 N–H and O–H groups in total. The summed E-state index contributed by atoms with van der Waals surface area (Å²) in [6, 6.07) is 12.5. The monoisotopic (exact) mass is 386 g/mol. The van der Waals surface area contributed by atoms with Crippen LogP contribution in [0.3, 0.4) is 0 Å². The minimum Gasteiger partial charge on any atom is -0.496 e. The Balaban J connectivity index is 2.32. The molecule has 0 saturated carbocycles. The van der Waals surface area contributed by atoms with Gasteiger partial charge < -0.3 is 10.1 Å². The van der Waals surface area contributed by atoms with Crippen molar-refractivity contribution in [2.45, 2.75) is 26.2 Å². The van der Waals surface area contributed by atoms with Gasteiger partial charge in [0.05, 0.1) is 24.4 Å². The van der Waals surface area contributed by atoms with Crippen LogP contribution in [0.2, 0.25) is 0 Å². The first-order valence-corrected chi connectivity index (χ1v) is 8.25. The van der Waals surface area contributed by atoms with Crippen LogP contribution in [-0.2, 0) is 5.41 Å². The summed E-state index contributed by atoms with van der Waals surface area (Å²) in [4.78, 5) is 12.6. The molecule has 2 aromatic rings. The normalized spacial score (nSPS) is 10.8. The van der Waals surface area contributed by atoms with Gasteiger partial charge >= 0.3 is 0 Å². The third kappa shape index (κ3) is 3.95. The zero-order valence-corrected chi connectivity index (χ0v) is 15.7. The Kier molecular flexibility index (Phi) is 5.30. The van der Waals surface area contributed by atoms with Gasteiger partial charge in [-0.2, -0.15) is 5.26 Å². The van der Waals surface area contributed by atoms with Crippen molar-refractivity contribution in [1.29, 1.82) is 5.26 Å². The first-order chi connectivity index (χ1) is 11.3. The highest BCUT2D eigenvalue weighted by Gasteiger charge is 2.21. The molecule has 0 fully saturated rings. The Morgan fingerprint density at radius 1 is 1.21 bits per heavy atom. The fourth-order valence-electron chi connectivity index (χ4n) is 2.32. The summed E-state index contributed by atoms with van der Waals surface area (Å²) < 4.78 is 6.07. The molecule has 2 aromatic carbocycles. The second kappa shape index (κ2) is 7.06. The Labute approximate surface area is 150 Å². The van der Waals surface area contributed by atoms with Crippen molar-refractivity contribution in [3.05, 3.63) is 57.6 Å². The average molecular weight is 387 g/mol. The summed E-state index contributed by atoms with van der Waals surface area (Å²) >= 11 is 3.37. The van der Waals surface area contributed by atoms with Gasteiger partial charge in [0.15, 0.2) is 0 Å². The van der Waals surface area contributed by atoms with Gasteiger partial charge in [0.2, 0.25) is 0 Å². The quantitative estimate of drug-likeness (QED) is 0.817. The number of benzene rings is 2. The van der Waals surface area contributed by atoms with E-state index in [2.05, 4.69) is 48.1 Å². The highest BCUT2D eigenvalue weighted by Crippen LogP contribution is 2.32. The average Bonchev–Trinajstić information content (AvgIpc) is 2.55. The van der Waals surface area contributed by atoms with Crippen molar-refractivity contribution in [3.63, 3.8) is 0 Å². The highest BCUT2D eigenvalue weighted by atomic mass is 79.9. The molecule has 0 saturated heterocycles. The fraction of sp³-hybridized carbons (Fsp3) is 0.263. The summed E-state index contributed by atoms with van der Waals surface area (Å²) in [6.07, 6.45) is 0. The lowest BCUT2D eigenvalue weighted by Crippen LogP contribution is -2.17. The molecule has 0 atom stereocenters. The molecule has 0 aromatic heterocycles. The maximum Gasteiger partial charge on any atom is 0.255 e. The number of anilines is 1. The van der Waals surface area contributed by atoms with E-state index >= 15 is 0 Å². The van der Waals surface area contributed by atoms with Crippen molar-refractivity contribution in [2.75, 3.05) is 12.4 Å². The number of amides is 1. The number of halogens is 1. The van der Waals surface area contributed by atoms with Gasteiger partial charge in [0, 0.05) is 15.6 Å². The Hall–Kier alpha value is -2.32. The number of carbonyl (C=O) groups is 1. The summed E-state index contributed by atoms with van der Waals surface area (Å²) in [5.41, 5.74) is 2.52. The van der Waals surface area contributed by atoms with Gasteiger partial charge in [-0.25, -0.2) is 0 Å². The van der Waals surface area contributed by atoms with Crippen molar-refractivity contribution < 1.29 is 9.53 Å². The maximum absolute atomic E-state index is 12.6. The Morgan fingerprint density at radius 2 is 1.92 bits per heavy atom. The Morgan fingerprint density at radius 3 is 2.46 bits per heavy atom. The molecule has 0 unspecified atom stereocenters. The zero-order chi connectivity index (χ0) is 17.9. The van der Waals surface area contributed by atoms with Crippen LogP contribution in [0.25, 0.3) is 0 Å². The fourth-order valence-corrected chi connectivity index (χ4v) is 2.79. The number of hydrogen-bond donors (Lipinski definition) is 1. The molecule has 4 nitrogen and oxygen atoms in total. The van der Waals surface area contributed by atoms with Crippen LogP contribution in [0, 0.1) is 11.3 Å². The maximum atomic E-state index is 12.6. The van der Waals surface area contributed by atoms with E-state index in [4.69, 9.17) is 10.00 Å². The van der Waals surface area contributed by atoms with Crippen LogP contribution < -0.4 is 10.1 Å². The molecular formula is C19H19BrN2O2. The summed E-state index contributed by atoms with van der Waals surface area (Å²) in [5, 5.41) is 11.8. The molecule has 24 heavy (non-hydrogen) atoms. The molecule has 0 heterocycles. The minimum atomic E-state index is -0.214. The largest absolute Gasteiger partial charge is 0.496 e. The number of nitrogens with zero attached hydrogens (tertiary/aromatic N) is 1. The van der Waals surface area contributed by atoms with E-state index in [0.29, 0.717) is 21.3 Å². The SMILES string of the molecule is COc1ccc(C(=O)Nc2ccc(C#N)cc2Br)cc1C(C)(C)C. The van der Waals surface area contributed by atoms with Crippen molar-refractivity contribution in [2.24, 2.45) is 0 Å². The highest BCUT2D eigenvalue weighted by molar-refractivity contribution is 9.10. The number of nitriles is 1. The van der Waals surface area contributed by atoms with E-state index in [9.17, 15) is 4.79 Å². The van der Waals surface area contributed by atoms with E-state index in [1.165, 1.54) is 0 Å². The van der Waals surface area contributed by atoms with E-state index in [-0.39, 0.29) is 11.3 Å². The molecule has 0 aliphatic rings. The molecule has 0 aliphatic heterocycles. The smallest absolute Gasteiger partial charge is 0.255 e. The third-order valence-electron chi connectivity index (χ3n) is 3.62. The van der Waals surface area contributed by atoms with E-state index in [1.807, 2.05) is 12.1 Å². The van der Waals surface area contributed by atoms with Crippen LogP contribution in [0.4, 0.5) is 5.69 Å². The molecule has 2 rings (SSSR count). The van der Waals surface area contributed by atoms with Crippen molar-refractivity contribution in [3.8, 4) is 11.8 Å². The summed E-state index contributed by atoms with van der Waals surface area (Å²) in [7, 11) is 1.62. The van der Waals surface area contributed by atoms with Crippen LogP contribution in [0.1, 0.15) is 42.3 Å². The first-order valence-electron chi connectivity index (χ1n) is 7.46. The number of ether oxygens (including phenoxy) is 1. The minimum absolute atomic E-state index is 0.142. The predicted molar refractivity (Wildman–Crippen MR) is 98.5 cm³/mol. The van der Waals surface area contributed by atoms with E-state index < -0.39 is 0 Å². The van der Waals surface area contributed by atoms with Gasteiger partial charge in [-0.1, -0.05) is 20.8 Å². The van der Waals surface area contributed by atoms with Gasteiger partial charge in [0.25, 0.3) is 5.91 Å². The third-order valence-corrected chi connectivity index (χ3v) is 4.27. The standard InChI is InChI=1S/C19H19BrN2O2/c1-19(2,3)14-10-13(6-8-17(14)24-4)18(23)22-16-7-5-12(11-21)9-15(16)20/h5-10H,1-4H3,(H,22,23). The molecule has 1 amide bonds. The summed E-state index contributed by atoms with van der Waals surface area (Å²) in [5.74, 6) is 0.548. The Bertz CT molecular complexity index is 817. The van der Waals surface area contributed by atoms with Crippen molar-refractivity contribution in [1.82, 2.24) is 0 Å². The van der Waals surface area contributed by atoms with Crippen LogP contribution in [0.15, 0.2) is 40.9 Å². The molecule has 0 radical (unpaired) electrons. The number of nitrogens with one attached hydrogen (secondary N) is 1. The van der Waals surface area contributed by atoms with Crippen LogP contribution in [0.5, 0.6) is 5.75 Å². The molecule has 0 bridgehead atoms. The van der Waals surface area contributed by atoms with Crippen LogP contribution >= 0.6 is 15.9 Å².